The van der Waals surface area contributed by atoms with Crippen molar-refractivity contribution in [3.05, 3.63) is 11.1 Å². The summed E-state index contributed by atoms with van der Waals surface area (Å²) in [4.78, 5) is 7.31. The number of thiazole rings is 1. The van der Waals surface area contributed by atoms with Gasteiger partial charge in [-0.3, -0.25) is 0 Å². The molecule has 0 saturated carbocycles. The summed E-state index contributed by atoms with van der Waals surface area (Å²) in [7, 11) is 1.73. The van der Waals surface area contributed by atoms with E-state index in [-0.39, 0.29) is 12.2 Å². The standard InChI is InChI=1S/C9H14N2O2S/c1-9(13-2)5-11(6-9)8-10-3-7(4-12)14-8/h3,12H,4-6H2,1-2H3. The summed E-state index contributed by atoms with van der Waals surface area (Å²) < 4.78 is 5.34. The number of rotatable bonds is 3. The Bertz CT molecular complexity index is 320. The lowest BCUT2D eigenvalue weighted by molar-refractivity contribution is -0.0167. The molecule has 1 saturated heterocycles. The maximum atomic E-state index is 8.90. The number of anilines is 1. The van der Waals surface area contributed by atoms with E-state index in [1.165, 1.54) is 11.3 Å². The van der Waals surface area contributed by atoms with E-state index in [1.54, 1.807) is 13.3 Å². The van der Waals surface area contributed by atoms with E-state index in [0.717, 1.165) is 23.1 Å². The van der Waals surface area contributed by atoms with Crippen molar-refractivity contribution in [2.24, 2.45) is 0 Å². The van der Waals surface area contributed by atoms with E-state index in [4.69, 9.17) is 9.84 Å². The quantitative estimate of drug-likeness (QED) is 0.810. The predicted molar refractivity (Wildman–Crippen MR) is 55.7 cm³/mol. The van der Waals surface area contributed by atoms with Crippen LogP contribution < -0.4 is 4.90 Å². The summed E-state index contributed by atoms with van der Waals surface area (Å²) in [6, 6.07) is 0. The second-order valence-corrected chi connectivity index (χ2v) is 4.87. The third-order valence-electron chi connectivity index (χ3n) is 2.51. The van der Waals surface area contributed by atoms with Gasteiger partial charge in [0, 0.05) is 13.3 Å². The molecular weight excluding hydrogens is 200 g/mol. The van der Waals surface area contributed by atoms with Crippen molar-refractivity contribution in [2.45, 2.75) is 19.1 Å². The van der Waals surface area contributed by atoms with Crippen LogP contribution in [-0.4, -0.2) is 35.9 Å². The van der Waals surface area contributed by atoms with Crippen molar-refractivity contribution < 1.29 is 9.84 Å². The average molecular weight is 214 g/mol. The molecule has 0 bridgehead atoms. The Kier molecular flexibility index (Phi) is 2.47. The normalized spacial score (nSPS) is 19.5. The van der Waals surface area contributed by atoms with Crippen molar-refractivity contribution in [3.8, 4) is 0 Å². The number of methoxy groups -OCH3 is 1. The van der Waals surface area contributed by atoms with E-state index < -0.39 is 0 Å². The van der Waals surface area contributed by atoms with E-state index in [9.17, 15) is 0 Å². The molecule has 1 aromatic rings. The van der Waals surface area contributed by atoms with Gasteiger partial charge in [-0.25, -0.2) is 4.98 Å². The van der Waals surface area contributed by atoms with Crippen LogP contribution >= 0.6 is 11.3 Å². The fourth-order valence-electron chi connectivity index (χ4n) is 1.54. The highest BCUT2D eigenvalue weighted by Crippen LogP contribution is 2.32. The molecule has 0 atom stereocenters. The van der Waals surface area contributed by atoms with Crippen LogP contribution in [-0.2, 0) is 11.3 Å². The van der Waals surface area contributed by atoms with Crippen molar-refractivity contribution in [2.75, 3.05) is 25.1 Å². The molecule has 4 nitrogen and oxygen atoms in total. The van der Waals surface area contributed by atoms with Crippen LogP contribution in [0.15, 0.2) is 6.20 Å². The van der Waals surface area contributed by atoms with Gasteiger partial charge in [0.2, 0.25) is 0 Å². The lowest BCUT2D eigenvalue weighted by atomic mass is 9.97. The highest BCUT2D eigenvalue weighted by atomic mass is 32.1. The summed E-state index contributed by atoms with van der Waals surface area (Å²) in [5.41, 5.74) is -0.0228. The van der Waals surface area contributed by atoms with Gasteiger partial charge in [-0.05, 0) is 6.92 Å². The van der Waals surface area contributed by atoms with Crippen LogP contribution in [0.25, 0.3) is 0 Å². The molecule has 2 rings (SSSR count). The number of nitrogens with zero attached hydrogens (tertiary/aromatic N) is 2. The van der Waals surface area contributed by atoms with Crippen LogP contribution in [0.1, 0.15) is 11.8 Å². The summed E-state index contributed by atoms with van der Waals surface area (Å²) in [5, 5.41) is 9.88. The minimum atomic E-state index is -0.0228. The Hall–Kier alpha value is -0.650. The second kappa shape index (κ2) is 3.49. The van der Waals surface area contributed by atoms with Crippen LogP contribution in [0.5, 0.6) is 0 Å². The molecule has 0 aliphatic carbocycles. The molecule has 78 valence electrons. The van der Waals surface area contributed by atoms with Crippen LogP contribution in [0, 0.1) is 0 Å². The largest absolute Gasteiger partial charge is 0.391 e. The van der Waals surface area contributed by atoms with Gasteiger partial charge in [0.25, 0.3) is 0 Å². The van der Waals surface area contributed by atoms with Gasteiger partial charge in [-0.2, -0.15) is 0 Å². The highest BCUT2D eigenvalue weighted by Gasteiger charge is 2.40. The first kappa shape index (κ1) is 9.89. The van der Waals surface area contributed by atoms with Gasteiger partial charge in [-0.15, -0.1) is 0 Å². The monoisotopic (exact) mass is 214 g/mol. The Morgan fingerprint density at radius 2 is 2.43 bits per heavy atom. The van der Waals surface area contributed by atoms with Crippen molar-refractivity contribution in [1.29, 1.82) is 0 Å². The van der Waals surface area contributed by atoms with Crippen LogP contribution in [0.4, 0.5) is 5.13 Å². The first-order valence-corrected chi connectivity index (χ1v) is 5.34. The Labute approximate surface area is 87.1 Å². The molecular formula is C9H14N2O2S. The van der Waals surface area contributed by atoms with Gasteiger partial charge < -0.3 is 14.7 Å². The minimum absolute atomic E-state index is 0.0228. The van der Waals surface area contributed by atoms with Crippen molar-refractivity contribution >= 4 is 16.5 Å². The second-order valence-electron chi connectivity index (χ2n) is 3.78. The van der Waals surface area contributed by atoms with Crippen molar-refractivity contribution in [1.82, 2.24) is 4.98 Å². The summed E-state index contributed by atoms with van der Waals surface area (Å²) in [6.07, 6.45) is 1.72. The molecule has 0 amide bonds. The molecule has 1 N–H and O–H groups in total. The number of aliphatic hydroxyl groups excluding tert-OH is 1. The maximum absolute atomic E-state index is 8.90. The Morgan fingerprint density at radius 3 is 2.93 bits per heavy atom. The molecule has 5 heteroatoms. The van der Waals surface area contributed by atoms with E-state index in [2.05, 4.69) is 16.8 Å². The number of ether oxygens (including phenoxy) is 1. The molecule has 1 aromatic heterocycles. The maximum Gasteiger partial charge on any atom is 0.185 e. The molecule has 0 radical (unpaired) electrons. The summed E-state index contributed by atoms with van der Waals surface area (Å²) >= 11 is 1.54. The third-order valence-corrected chi connectivity index (χ3v) is 3.55. The third kappa shape index (κ3) is 1.63. The molecule has 1 fully saturated rings. The van der Waals surface area contributed by atoms with Gasteiger partial charge in [0.05, 0.1) is 30.2 Å². The van der Waals surface area contributed by atoms with E-state index in [0.29, 0.717) is 0 Å². The zero-order chi connectivity index (χ0) is 10.2. The fourth-order valence-corrected chi connectivity index (χ4v) is 2.31. The Morgan fingerprint density at radius 1 is 1.71 bits per heavy atom. The molecule has 0 spiro atoms. The highest BCUT2D eigenvalue weighted by molar-refractivity contribution is 7.15. The smallest absolute Gasteiger partial charge is 0.185 e. The molecule has 2 heterocycles. The fraction of sp³-hybridized carbons (Fsp3) is 0.667. The average Bonchev–Trinajstić information content (AvgIpc) is 2.61. The molecule has 1 aliphatic rings. The van der Waals surface area contributed by atoms with Gasteiger partial charge in [0.1, 0.15) is 0 Å². The minimum Gasteiger partial charge on any atom is -0.391 e. The van der Waals surface area contributed by atoms with Crippen molar-refractivity contribution in [3.63, 3.8) is 0 Å². The predicted octanol–water partition coefficient (Wildman–Crippen LogP) is 0.861. The topological polar surface area (TPSA) is 45.6 Å². The molecule has 0 unspecified atom stereocenters. The number of aliphatic hydroxyl groups is 1. The lowest BCUT2D eigenvalue weighted by Gasteiger charge is -2.46. The van der Waals surface area contributed by atoms with E-state index >= 15 is 0 Å². The molecule has 0 aromatic carbocycles. The van der Waals surface area contributed by atoms with Crippen LogP contribution in [0.3, 0.4) is 0 Å². The van der Waals surface area contributed by atoms with E-state index in [1.807, 2.05) is 0 Å². The number of hydrogen-bond donors (Lipinski definition) is 1. The lowest BCUT2D eigenvalue weighted by Crippen LogP contribution is -2.61. The van der Waals surface area contributed by atoms with Gasteiger partial charge in [-0.1, -0.05) is 11.3 Å². The Balaban J connectivity index is 1.99. The number of hydrogen-bond acceptors (Lipinski definition) is 5. The summed E-state index contributed by atoms with van der Waals surface area (Å²) in [6.45, 7) is 3.92. The van der Waals surface area contributed by atoms with Crippen LogP contribution in [0.2, 0.25) is 0 Å². The molecule has 1 aliphatic heterocycles. The summed E-state index contributed by atoms with van der Waals surface area (Å²) in [5.74, 6) is 0. The van der Waals surface area contributed by atoms with Gasteiger partial charge in [0.15, 0.2) is 5.13 Å². The van der Waals surface area contributed by atoms with Gasteiger partial charge >= 0.3 is 0 Å². The first-order chi connectivity index (χ1) is 6.67. The zero-order valence-corrected chi connectivity index (χ0v) is 9.17. The number of aromatic nitrogens is 1. The zero-order valence-electron chi connectivity index (χ0n) is 8.36. The molecule has 14 heavy (non-hydrogen) atoms. The SMILES string of the molecule is COC1(C)CN(c2ncc(CO)s2)C1. The first-order valence-electron chi connectivity index (χ1n) is 4.52.